The molecule has 1 unspecified atom stereocenters. The summed E-state index contributed by atoms with van der Waals surface area (Å²) >= 11 is 1.28. The number of rotatable bonds is 4. The summed E-state index contributed by atoms with van der Waals surface area (Å²) in [5.41, 5.74) is 4.64. The van der Waals surface area contributed by atoms with Crippen LogP contribution in [-0.4, -0.2) is 47.4 Å². The molecule has 1 aliphatic rings. The summed E-state index contributed by atoms with van der Waals surface area (Å²) in [5, 5.41) is 10.6. The van der Waals surface area contributed by atoms with Crippen molar-refractivity contribution in [1.29, 1.82) is 0 Å². The first-order valence-electron chi connectivity index (χ1n) is 6.14. The van der Waals surface area contributed by atoms with Crippen LogP contribution in [-0.2, 0) is 9.59 Å². The Bertz CT molecular complexity index is 503. The van der Waals surface area contributed by atoms with E-state index in [1.165, 1.54) is 11.3 Å². The number of carbonyl (C=O) groups excluding carboxylic acids is 2. The van der Waals surface area contributed by atoms with Crippen LogP contribution in [0.1, 0.15) is 16.1 Å². The number of carboxylic acid groups (broad SMARTS) is 1. The predicted octanol–water partition coefficient (Wildman–Crippen LogP) is -0.0844. The van der Waals surface area contributed by atoms with Gasteiger partial charge in [0.2, 0.25) is 0 Å². The second kappa shape index (κ2) is 6.49. The minimum atomic E-state index is -0.834. The lowest BCUT2D eigenvalue weighted by atomic mass is 10.1. The van der Waals surface area contributed by atoms with Crippen LogP contribution >= 0.6 is 11.3 Å². The maximum Gasteiger partial charge on any atom is 0.307 e. The fourth-order valence-electron chi connectivity index (χ4n) is 2.02. The fraction of sp³-hybridized carbons (Fsp3) is 0.417. The Morgan fingerprint density at radius 1 is 1.40 bits per heavy atom. The highest BCUT2D eigenvalue weighted by Gasteiger charge is 2.28. The molecule has 108 valence electrons. The highest BCUT2D eigenvalue weighted by molar-refractivity contribution is 7.12. The molecule has 2 amide bonds. The van der Waals surface area contributed by atoms with Gasteiger partial charge in [0.15, 0.2) is 0 Å². The van der Waals surface area contributed by atoms with Crippen LogP contribution in [0.2, 0.25) is 0 Å². The molecule has 1 aromatic rings. The molecule has 2 heterocycles. The summed E-state index contributed by atoms with van der Waals surface area (Å²) in [6.07, 6.45) is 0.546. The Hall–Kier alpha value is -1.93. The van der Waals surface area contributed by atoms with E-state index in [0.29, 0.717) is 24.4 Å². The van der Waals surface area contributed by atoms with Gasteiger partial charge < -0.3 is 5.11 Å². The molecular formula is C12H15N3O4S. The van der Waals surface area contributed by atoms with E-state index < -0.39 is 11.9 Å². The van der Waals surface area contributed by atoms with Crippen LogP contribution in [0.15, 0.2) is 17.5 Å². The minimum Gasteiger partial charge on any atom is -0.481 e. The van der Waals surface area contributed by atoms with Crippen molar-refractivity contribution in [3.8, 4) is 0 Å². The molecule has 0 aliphatic carbocycles. The number of likely N-dealkylation sites (tertiary alicyclic amines) is 1. The predicted molar refractivity (Wildman–Crippen MR) is 72.1 cm³/mol. The van der Waals surface area contributed by atoms with Crippen molar-refractivity contribution in [3.05, 3.63) is 22.4 Å². The van der Waals surface area contributed by atoms with Crippen molar-refractivity contribution >= 4 is 29.1 Å². The molecule has 7 nitrogen and oxygen atoms in total. The third-order valence-corrected chi connectivity index (χ3v) is 3.92. The van der Waals surface area contributed by atoms with Crippen molar-refractivity contribution in [2.24, 2.45) is 5.92 Å². The van der Waals surface area contributed by atoms with E-state index in [4.69, 9.17) is 5.11 Å². The summed E-state index contributed by atoms with van der Waals surface area (Å²) in [5.74, 6) is -1.97. The van der Waals surface area contributed by atoms with Gasteiger partial charge in [-0.1, -0.05) is 6.07 Å². The average Bonchev–Trinajstić information content (AvgIpc) is 3.06. The Balaban J connectivity index is 1.71. The van der Waals surface area contributed by atoms with Gasteiger partial charge in [0.05, 0.1) is 17.3 Å². The molecular weight excluding hydrogens is 282 g/mol. The summed E-state index contributed by atoms with van der Waals surface area (Å²) in [4.78, 5) is 36.3. The normalized spacial score (nSPS) is 18.7. The third-order valence-electron chi connectivity index (χ3n) is 3.05. The molecule has 0 spiro atoms. The molecule has 8 heteroatoms. The lowest BCUT2D eigenvalue weighted by Gasteiger charge is -2.14. The van der Waals surface area contributed by atoms with Crippen molar-refractivity contribution in [2.45, 2.75) is 6.42 Å². The number of thiophene rings is 1. The number of hydrogen-bond acceptors (Lipinski definition) is 5. The van der Waals surface area contributed by atoms with Gasteiger partial charge in [-0.15, -0.1) is 11.3 Å². The summed E-state index contributed by atoms with van der Waals surface area (Å²) in [6.45, 7) is 1.01. The minimum absolute atomic E-state index is 0.0779. The molecule has 1 aromatic heterocycles. The zero-order chi connectivity index (χ0) is 14.5. The molecule has 1 aliphatic heterocycles. The van der Waals surface area contributed by atoms with Crippen molar-refractivity contribution in [1.82, 2.24) is 15.8 Å². The van der Waals surface area contributed by atoms with Crippen LogP contribution in [0.5, 0.6) is 0 Å². The van der Waals surface area contributed by atoms with Crippen molar-refractivity contribution < 1.29 is 19.5 Å². The smallest absolute Gasteiger partial charge is 0.307 e. The highest BCUT2D eigenvalue weighted by atomic mass is 32.1. The third kappa shape index (κ3) is 3.78. The van der Waals surface area contributed by atoms with Gasteiger partial charge >= 0.3 is 5.97 Å². The van der Waals surface area contributed by atoms with E-state index in [0.717, 1.165) is 0 Å². The van der Waals surface area contributed by atoms with Crippen LogP contribution in [0.25, 0.3) is 0 Å². The van der Waals surface area contributed by atoms with E-state index in [-0.39, 0.29) is 18.4 Å². The van der Waals surface area contributed by atoms with Crippen molar-refractivity contribution in [3.63, 3.8) is 0 Å². The SMILES string of the molecule is O=C(CN1CCC(C(=O)O)C1)NNC(=O)c1cccs1. The molecule has 1 fully saturated rings. The largest absolute Gasteiger partial charge is 0.481 e. The van der Waals surface area contributed by atoms with Gasteiger partial charge in [0.1, 0.15) is 0 Å². The number of carboxylic acids is 1. The fourth-order valence-corrected chi connectivity index (χ4v) is 2.64. The van der Waals surface area contributed by atoms with E-state index >= 15 is 0 Å². The lowest BCUT2D eigenvalue weighted by Crippen LogP contribution is -2.46. The van der Waals surface area contributed by atoms with E-state index in [9.17, 15) is 14.4 Å². The molecule has 1 atom stereocenters. The maximum atomic E-state index is 11.6. The van der Waals surface area contributed by atoms with Gasteiger partial charge in [-0.3, -0.25) is 30.1 Å². The summed E-state index contributed by atoms with van der Waals surface area (Å²) in [7, 11) is 0. The number of hydrazine groups is 1. The van der Waals surface area contributed by atoms with Gasteiger partial charge in [0.25, 0.3) is 11.8 Å². The second-order valence-corrected chi connectivity index (χ2v) is 5.49. The quantitative estimate of drug-likeness (QED) is 0.675. The van der Waals surface area contributed by atoms with Gasteiger partial charge in [-0.25, -0.2) is 0 Å². The Kier molecular flexibility index (Phi) is 4.70. The van der Waals surface area contributed by atoms with Gasteiger partial charge in [-0.2, -0.15) is 0 Å². The number of aliphatic carboxylic acids is 1. The standard InChI is InChI=1S/C12H15N3O4S/c16-10(7-15-4-3-8(6-15)12(18)19)13-14-11(17)9-2-1-5-20-9/h1-2,5,8H,3-4,6-7H2,(H,13,16)(H,14,17)(H,18,19). The van der Waals surface area contributed by atoms with Crippen LogP contribution in [0.4, 0.5) is 0 Å². The number of carbonyl (C=O) groups is 3. The van der Waals surface area contributed by atoms with E-state index in [1.54, 1.807) is 22.4 Å². The van der Waals surface area contributed by atoms with Crippen LogP contribution in [0.3, 0.4) is 0 Å². The Labute approximate surface area is 119 Å². The Morgan fingerprint density at radius 2 is 2.20 bits per heavy atom. The number of amides is 2. The van der Waals surface area contributed by atoms with Crippen LogP contribution in [0, 0.1) is 5.92 Å². The number of hydrogen-bond donors (Lipinski definition) is 3. The molecule has 1 saturated heterocycles. The number of nitrogens with one attached hydrogen (secondary N) is 2. The first-order valence-corrected chi connectivity index (χ1v) is 7.02. The second-order valence-electron chi connectivity index (χ2n) is 4.54. The first-order chi connectivity index (χ1) is 9.56. The number of nitrogens with zero attached hydrogens (tertiary/aromatic N) is 1. The molecule has 20 heavy (non-hydrogen) atoms. The summed E-state index contributed by atoms with van der Waals surface area (Å²) < 4.78 is 0. The molecule has 0 aromatic carbocycles. The summed E-state index contributed by atoms with van der Waals surface area (Å²) in [6, 6.07) is 3.40. The van der Waals surface area contributed by atoms with Crippen LogP contribution < -0.4 is 10.9 Å². The topological polar surface area (TPSA) is 98.7 Å². The maximum absolute atomic E-state index is 11.6. The average molecular weight is 297 g/mol. The zero-order valence-electron chi connectivity index (χ0n) is 10.7. The van der Waals surface area contributed by atoms with Crippen molar-refractivity contribution in [2.75, 3.05) is 19.6 Å². The zero-order valence-corrected chi connectivity index (χ0v) is 11.5. The van der Waals surface area contributed by atoms with E-state index in [1.807, 2.05) is 0 Å². The highest BCUT2D eigenvalue weighted by Crippen LogP contribution is 2.15. The van der Waals surface area contributed by atoms with Gasteiger partial charge in [0, 0.05) is 6.54 Å². The Morgan fingerprint density at radius 3 is 2.80 bits per heavy atom. The monoisotopic (exact) mass is 297 g/mol. The first kappa shape index (κ1) is 14.5. The van der Waals surface area contributed by atoms with Gasteiger partial charge in [-0.05, 0) is 24.4 Å². The molecule has 2 rings (SSSR count). The molecule has 3 N–H and O–H groups in total. The molecule has 0 radical (unpaired) electrons. The van der Waals surface area contributed by atoms with E-state index in [2.05, 4.69) is 10.9 Å². The lowest BCUT2D eigenvalue weighted by molar-refractivity contribution is -0.141. The molecule has 0 saturated carbocycles. The molecule has 0 bridgehead atoms.